The molecule has 0 aromatic carbocycles. The maximum absolute atomic E-state index is 10.8. The summed E-state index contributed by atoms with van der Waals surface area (Å²) in [7, 11) is 8.23. The number of carboxylic acid groups (broad SMARTS) is 2. The monoisotopic (exact) mass is 359 g/mol. The zero-order chi connectivity index (χ0) is 15.8. The van der Waals surface area contributed by atoms with E-state index < -0.39 is 10.6 Å². The fraction of sp³-hybridized carbons (Fsp3) is 0.818. The van der Waals surface area contributed by atoms with Gasteiger partial charge in [0, 0.05) is 38.1 Å². The van der Waals surface area contributed by atoms with E-state index in [2.05, 4.69) is 4.90 Å². The fourth-order valence-electron chi connectivity index (χ4n) is 1.93. The Morgan fingerprint density at radius 2 is 1.60 bits per heavy atom. The molecule has 0 fully saturated rings. The molecule has 0 amide bonds. The van der Waals surface area contributed by atoms with Crippen LogP contribution in [-0.4, -0.2) is 56.4 Å². The minimum absolute atomic E-state index is 0.103. The van der Waals surface area contributed by atoms with Gasteiger partial charge in [0.2, 0.25) is 0 Å². The van der Waals surface area contributed by atoms with Gasteiger partial charge in [-0.15, -0.1) is 0 Å². The average molecular weight is 360 g/mol. The molecule has 0 aromatic rings. The van der Waals surface area contributed by atoms with Gasteiger partial charge in [-0.1, -0.05) is 35.4 Å². The Kier molecular flexibility index (Phi) is 10.2. The lowest BCUT2D eigenvalue weighted by Gasteiger charge is -2.41. The van der Waals surface area contributed by atoms with Gasteiger partial charge in [0.1, 0.15) is 0 Å². The van der Waals surface area contributed by atoms with Gasteiger partial charge in [0.15, 0.2) is 0 Å². The molecule has 5 nitrogen and oxygen atoms in total. The van der Waals surface area contributed by atoms with Gasteiger partial charge < -0.3 is 15.1 Å². The number of carbonyl (C=O) groups is 2. The third-order valence-corrected chi connectivity index (χ3v) is 8.05. The van der Waals surface area contributed by atoms with E-state index in [0.29, 0.717) is 5.75 Å². The van der Waals surface area contributed by atoms with Crippen molar-refractivity contribution in [2.75, 3.05) is 19.8 Å². The highest BCUT2D eigenvalue weighted by Crippen LogP contribution is 2.46. The molecule has 0 heterocycles. The summed E-state index contributed by atoms with van der Waals surface area (Å²) in [6, 6.07) is 0.103. The molecule has 1 atom stereocenters. The molecule has 0 saturated carbocycles. The van der Waals surface area contributed by atoms with E-state index in [1.54, 1.807) is 0 Å². The van der Waals surface area contributed by atoms with Gasteiger partial charge in [0.25, 0.3) is 0 Å². The third kappa shape index (κ3) is 6.84. The van der Waals surface area contributed by atoms with E-state index in [1.165, 1.54) is 21.6 Å². The van der Waals surface area contributed by atoms with E-state index in [-0.39, 0.29) is 10.8 Å². The van der Waals surface area contributed by atoms with Crippen molar-refractivity contribution in [2.24, 2.45) is 0 Å². The lowest BCUT2D eigenvalue weighted by atomic mass is 9.93. The first-order valence-corrected chi connectivity index (χ1v) is 10.5. The summed E-state index contributed by atoms with van der Waals surface area (Å²) in [5.74, 6) is 0.638. The van der Waals surface area contributed by atoms with Crippen molar-refractivity contribution in [3.05, 3.63) is 0 Å². The van der Waals surface area contributed by atoms with Crippen molar-refractivity contribution in [3.8, 4) is 0 Å². The summed E-state index contributed by atoms with van der Waals surface area (Å²) in [4.78, 5) is 23.5. The molecule has 20 heavy (non-hydrogen) atoms. The van der Waals surface area contributed by atoms with Crippen LogP contribution >= 0.6 is 43.2 Å². The summed E-state index contributed by atoms with van der Waals surface area (Å²) in [6.07, 6.45) is 1.66. The van der Waals surface area contributed by atoms with Crippen molar-refractivity contribution in [3.63, 3.8) is 0 Å². The smallest absolute Gasteiger partial charge is 0.375 e. The van der Waals surface area contributed by atoms with E-state index in [9.17, 15) is 9.59 Å². The minimum atomic E-state index is -0.904. The molecule has 0 bridgehead atoms. The van der Waals surface area contributed by atoms with Crippen LogP contribution in [0.15, 0.2) is 0 Å². The number of rotatable bonds is 9. The maximum Gasteiger partial charge on any atom is 0.375 e. The Morgan fingerprint density at radius 3 is 1.95 bits per heavy atom. The molecule has 118 valence electrons. The van der Waals surface area contributed by atoms with E-state index in [1.807, 2.05) is 27.9 Å². The predicted molar refractivity (Wildman–Crippen MR) is 92.1 cm³/mol. The van der Waals surface area contributed by atoms with E-state index in [0.717, 1.165) is 34.4 Å². The highest BCUT2D eigenvalue weighted by molar-refractivity contribution is 8.82. The van der Waals surface area contributed by atoms with E-state index in [4.69, 9.17) is 10.2 Å². The van der Waals surface area contributed by atoms with Crippen molar-refractivity contribution >= 4 is 53.8 Å². The summed E-state index contributed by atoms with van der Waals surface area (Å²) in [5.41, 5.74) is 0. The molecule has 2 N–H and O–H groups in total. The summed E-state index contributed by atoms with van der Waals surface area (Å²) in [5, 5.41) is 15.8. The molecule has 9 heteroatoms. The summed E-state index contributed by atoms with van der Waals surface area (Å²) >= 11 is 0. The van der Waals surface area contributed by atoms with Gasteiger partial charge in [-0.05, 0) is 26.9 Å². The van der Waals surface area contributed by atoms with Crippen LogP contribution in [-0.2, 0) is 0 Å². The molecule has 0 aliphatic rings. The Hall–Kier alpha value is 0.300. The topological polar surface area (TPSA) is 77.8 Å². The molecule has 0 aliphatic heterocycles. The standard InChI is InChI=1S/C11H21NO4S4/c1-5-11(6-2,20-19-10(15)16)8(12(3)4)7-17-18-9(13)14/h8H,5-7H2,1-4H3,(H,13,14)(H,15,16). The highest BCUT2D eigenvalue weighted by atomic mass is 33.1. The molecule has 0 saturated heterocycles. The summed E-state index contributed by atoms with van der Waals surface area (Å²) in [6.45, 7) is 4.09. The maximum atomic E-state index is 10.8. The van der Waals surface area contributed by atoms with Crippen LogP contribution in [0.5, 0.6) is 0 Å². The van der Waals surface area contributed by atoms with Crippen LogP contribution < -0.4 is 0 Å². The SMILES string of the molecule is CCC(CC)(SSC(=O)O)C(CSSC(=O)O)N(C)C. The molecule has 0 aromatic heterocycles. The Balaban J connectivity index is 4.91. The normalized spacial score (nSPS) is 13.4. The minimum Gasteiger partial charge on any atom is -0.473 e. The van der Waals surface area contributed by atoms with Crippen LogP contribution in [0.4, 0.5) is 9.59 Å². The predicted octanol–water partition coefficient (Wildman–Crippen LogP) is 4.59. The Morgan fingerprint density at radius 1 is 1.10 bits per heavy atom. The summed E-state index contributed by atoms with van der Waals surface area (Å²) < 4.78 is -0.210. The zero-order valence-corrected chi connectivity index (χ0v) is 15.3. The van der Waals surface area contributed by atoms with Crippen molar-refractivity contribution in [1.82, 2.24) is 4.90 Å². The third-order valence-electron chi connectivity index (χ3n) is 3.06. The van der Waals surface area contributed by atoms with Gasteiger partial charge >= 0.3 is 10.6 Å². The number of hydrogen-bond donors (Lipinski definition) is 2. The van der Waals surface area contributed by atoms with Gasteiger partial charge in [-0.25, -0.2) is 9.59 Å². The second-order valence-electron chi connectivity index (χ2n) is 4.32. The Bertz CT molecular complexity index is 324. The molecule has 0 rings (SSSR count). The fourth-order valence-corrected chi connectivity index (χ4v) is 6.48. The quantitative estimate of drug-likeness (QED) is 0.574. The first-order chi connectivity index (χ1) is 9.29. The Labute approximate surface area is 135 Å². The number of nitrogens with zero attached hydrogens (tertiary/aromatic N) is 1. The molecular weight excluding hydrogens is 338 g/mol. The second kappa shape index (κ2) is 10.1. The van der Waals surface area contributed by atoms with Gasteiger partial charge in [-0.3, -0.25) is 0 Å². The molecule has 0 aliphatic carbocycles. The van der Waals surface area contributed by atoms with Gasteiger partial charge in [0.05, 0.1) is 0 Å². The molecule has 0 radical (unpaired) electrons. The lowest BCUT2D eigenvalue weighted by Crippen LogP contribution is -2.48. The van der Waals surface area contributed by atoms with Crippen LogP contribution in [0.25, 0.3) is 0 Å². The van der Waals surface area contributed by atoms with Crippen molar-refractivity contribution in [1.29, 1.82) is 0 Å². The molecular formula is C11H21NO4S4. The average Bonchev–Trinajstić information content (AvgIpc) is 2.37. The number of hydrogen-bond acceptors (Lipinski definition) is 7. The largest absolute Gasteiger partial charge is 0.473 e. The van der Waals surface area contributed by atoms with Crippen LogP contribution in [0.1, 0.15) is 26.7 Å². The highest BCUT2D eigenvalue weighted by Gasteiger charge is 2.39. The zero-order valence-electron chi connectivity index (χ0n) is 12.0. The molecule has 0 spiro atoms. The van der Waals surface area contributed by atoms with Crippen LogP contribution in [0, 0.1) is 0 Å². The van der Waals surface area contributed by atoms with Crippen molar-refractivity contribution < 1.29 is 19.8 Å². The van der Waals surface area contributed by atoms with Gasteiger partial charge in [-0.2, -0.15) is 0 Å². The van der Waals surface area contributed by atoms with Crippen LogP contribution in [0.3, 0.4) is 0 Å². The van der Waals surface area contributed by atoms with E-state index >= 15 is 0 Å². The van der Waals surface area contributed by atoms with Crippen molar-refractivity contribution in [2.45, 2.75) is 37.5 Å². The first kappa shape index (κ1) is 20.3. The molecule has 1 unspecified atom stereocenters. The first-order valence-electron chi connectivity index (χ1n) is 6.06. The van der Waals surface area contributed by atoms with Crippen LogP contribution in [0.2, 0.25) is 0 Å². The lowest BCUT2D eigenvalue weighted by molar-refractivity contribution is 0.221. The second-order valence-corrected chi connectivity index (χ2v) is 9.11.